The minimum atomic E-state index is -3.68. The smallest absolute Gasteiger partial charge is 0.262 e. The highest BCUT2D eigenvalue weighted by atomic mass is 32.2. The number of nitrogens with one attached hydrogen (secondary N) is 1. The zero-order valence-electron chi connectivity index (χ0n) is 13.0. The number of benzene rings is 2. The van der Waals surface area contributed by atoms with Gasteiger partial charge in [0.25, 0.3) is 10.0 Å². The molecule has 0 aliphatic heterocycles. The van der Waals surface area contributed by atoms with Crippen LogP contribution in [0.1, 0.15) is 11.1 Å². The molecule has 5 nitrogen and oxygen atoms in total. The van der Waals surface area contributed by atoms with Gasteiger partial charge in [0.05, 0.1) is 24.8 Å². The van der Waals surface area contributed by atoms with Gasteiger partial charge in [0.2, 0.25) is 0 Å². The van der Waals surface area contributed by atoms with Crippen LogP contribution in [0.4, 0.5) is 5.69 Å². The molecular weight excluding hydrogens is 302 g/mol. The van der Waals surface area contributed by atoms with Gasteiger partial charge in [-0.3, -0.25) is 4.72 Å². The van der Waals surface area contributed by atoms with E-state index in [0.717, 1.165) is 11.1 Å². The molecule has 1 N–H and O–H groups in total. The molecule has 0 aliphatic rings. The van der Waals surface area contributed by atoms with E-state index in [9.17, 15) is 8.42 Å². The first-order valence-corrected chi connectivity index (χ1v) is 8.18. The Bertz CT molecular complexity index is 785. The van der Waals surface area contributed by atoms with E-state index in [4.69, 9.17) is 9.47 Å². The zero-order valence-corrected chi connectivity index (χ0v) is 13.8. The molecule has 0 heterocycles. The molecule has 0 bridgehead atoms. The van der Waals surface area contributed by atoms with Gasteiger partial charge in [0, 0.05) is 5.56 Å². The minimum Gasteiger partial charge on any atom is -0.496 e. The van der Waals surface area contributed by atoms with Crippen LogP contribution in [0.2, 0.25) is 0 Å². The normalized spacial score (nSPS) is 11.1. The van der Waals surface area contributed by atoms with Crippen LogP contribution in [0.15, 0.2) is 41.3 Å². The summed E-state index contributed by atoms with van der Waals surface area (Å²) < 4.78 is 38.1. The van der Waals surface area contributed by atoms with Crippen molar-refractivity contribution in [1.82, 2.24) is 0 Å². The second kappa shape index (κ2) is 6.27. The lowest BCUT2D eigenvalue weighted by molar-refractivity contribution is 0.390. The number of sulfonamides is 1. The molecule has 0 aromatic heterocycles. The van der Waals surface area contributed by atoms with Crippen LogP contribution in [0.5, 0.6) is 11.5 Å². The maximum Gasteiger partial charge on any atom is 0.262 e. The van der Waals surface area contributed by atoms with E-state index in [-0.39, 0.29) is 4.90 Å². The molecule has 0 amide bonds. The van der Waals surface area contributed by atoms with E-state index in [2.05, 4.69) is 4.72 Å². The fourth-order valence-electron chi connectivity index (χ4n) is 2.22. The highest BCUT2D eigenvalue weighted by Crippen LogP contribution is 2.36. The topological polar surface area (TPSA) is 64.6 Å². The van der Waals surface area contributed by atoms with Crippen LogP contribution in [-0.2, 0) is 10.0 Å². The van der Waals surface area contributed by atoms with Crippen LogP contribution in [0.3, 0.4) is 0 Å². The van der Waals surface area contributed by atoms with Crippen molar-refractivity contribution in [2.24, 2.45) is 0 Å². The molecule has 0 aliphatic carbocycles. The summed E-state index contributed by atoms with van der Waals surface area (Å²) in [5.41, 5.74) is 1.98. The number of ether oxygens (including phenoxy) is 2. The average molecular weight is 321 g/mol. The fourth-order valence-corrected chi connectivity index (χ4v) is 3.39. The molecule has 22 heavy (non-hydrogen) atoms. The Balaban J connectivity index is 2.44. The SMILES string of the molecule is COc1ccc(NS(=O)(=O)c2cccc(C)c2)c(OC)c1C. The first kappa shape index (κ1) is 16.2. The van der Waals surface area contributed by atoms with Gasteiger partial charge in [-0.05, 0) is 43.7 Å². The Morgan fingerprint density at radius 2 is 1.73 bits per heavy atom. The summed E-state index contributed by atoms with van der Waals surface area (Å²) in [7, 11) is -0.629. The van der Waals surface area contributed by atoms with Crippen molar-refractivity contribution in [2.75, 3.05) is 18.9 Å². The van der Waals surface area contributed by atoms with E-state index >= 15 is 0 Å². The predicted molar refractivity (Wildman–Crippen MR) is 86.3 cm³/mol. The molecule has 2 aromatic rings. The lowest BCUT2D eigenvalue weighted by atomic mass is 10.2. The van der Waals surface area contributed by atoms with Crippen molar-refractivity contribution < 1.29 is 17.9 Å². The predicted octanol–water partition coefficient (Wildman–Crippen LogP) is 3.12. The van der Waals surface area contributed by atoms with Gasteiger partial charge >= 0.3 is 0 Å². The summed E-state index contributed by atoms with van der Waals surface area (Å²) in [6, 6.07) is 10.0. The Morgan fingerprint density at radius 3 is 2.32 bits per heavy atom. The van der Waals surface area contributed by atoms with E-state index < -0.39 is 10.0 Å². The van der Waals surface area contributed by atoms with Gasteiger partial charge in [-0.2, -0.15) is 0 Å². The van der Waals surface area contributed by atoms with Gasteiger partial charge < -0.3 is 9.47 Å². The highest BCUT2D eigenvalue weighted by Gasteiger charge is 2.19. The Morgan fingerprint density at radius 1 is 1.00 bits per heavy atom. The molecular formula is C16H19NO4S. The van der Waals surface area contributed by atoms with Gasteiger partial charge in [0.15, 0.2) is 0 Å². The van der Waals surface area contributed by atoms with Crippen LogP contribution in [0.25, 0.3) is 0 Å². The first-order valence-electron chi connectivity index (χ1n) is 6.70. The van der Waals surface area contributed by atoms with Crippen molar-refractivity contribution in [1.29, 1.82) is 0 Å². The van der Waals surface area contributed by atoms with Crippen molar-refractivity contribution in [3.8, 4) is 11.5 Å². The molecule has 0 unspecified atom stereocenters. The van der Waals surface area contributed by atoms with Crippen molar-refractivity contribution >= 4 is 15.7 Å². The van der Waals surface area contributed by atoms with Gasteiger partial charge in [0.1, 0.15) is 11.5 Å². The van der Waals surface area contributed by atoms with E-state index in [1.54, 1.807) is 37.4 Å². The number of anilines is 1. The Kier molecular flexibility index (Phi) is 4.61. The number of rotatable bonds is 5. The molecule has 0 fully saturated rings. The molecule has 0 saturated carbocycles. The van der Waals surface area contributed by atoms with Crippen LogP contribution >= 0.6 is 0 Å². The van der Waals surface area contributed by atoms with Crippen LogP contribution in [-0.4, -0.2) is 22.6 Å². The van der Waals surface area contributed by atoms with E-state index in [1.165, 1.54) is 7.11 Å². The third kappa shape index (κ3) is 3.17. The van der Waals surface area contributed by atoms with E-state index in [1.807, 2.05) is 19.9 Å². The second-order valence-corrected chi connectivity index (χ2v) is 6.58. The second-order valence-electron chi connectivity index (χ2n) is 4.90. The summed E-state index contributed by atoms with van der Waals surface area (Å²) in [5, 5.41) is 0. The monoisotopic (exact) mass is 321 g/mol. The van der Waals surface area contributed by atoms with Crippen LogP contribution in [0, 0.1) is 13.8 Å². The quantitative estimate of drug-likeness (QED) is 0.919. The van der Waals surface area contributed by atoms with Gasteiger partial charge in [-0.15, -0.1) is 0 Å². The lowest BCUT2D eigenvalue weighted by Crippen LogP contribution is -2.14. The Hall–Kier alpha value is -2.21. The standard InChI is InChI=1S/C16H19NO4S/c1-11-6-5-7-13(10-11)22(18,19)17-14-8-9-15(20-3)12(2)16(14)21-4/h5-10,17H,1-4H3. The van der Waals surface area contributed by atoms with Gasteiger partial charge in [-0.1, -0.05) is 12.1 Å². The maximum atomic E-state index is 12.5. The minimum absolute atomic E-state index is 0.211. The Labute approximate surface area is 130 Å². The van der Waals surface area contributed by atoms with Crippen molar-refractivity contribution in [2.45, 2.75) is 18.7 Å². The lowest BCUT2D eigenvalue weighted by Gasteiger charge is -2.16. The summed E-state index contributed by atoms with van der Waals surface area (Å²) in [6.07, 6.45) is 0. The molecule has 6 heteroatoms. The average Bonchev–Trinajstić information content (AvgIpc) is 2.47. The maximum absolute atomic E-state index is 12.5. The molecule has 0 radical (unpaired) electrons. The number of hydrogen-bond donors (Lipinski definition) is 1. The third-order valence-electron chi connectivity index (χ3n) is 3.32. The summed E-state index contributed by atoms with van der Waals surface area (Å²) >= 11 is 0. The highest BCUT2D eigenvalue weighted by molar-refractivity contribution is 7.92. The first-order chi connectivity index (χ1) is 10.4. The fraction of sp³-hybridized carbons (Fsp3) is 0.250. The number of hydrogen-bond acceptors (Lipinski definition) is 4. The number of aryl methyl sites for hydroxylation is 1. The molecule has 0 saturated heterocycles. The summed E-state index contributed by atoms with van der Waals surface area (Å²) in [4.78, 5) is 0.211. The molecule has 118 valence electrons. The van der Waals surface area contributed by atoms with Crippen molar-refractivity contribution in [3.05, 3.63) is 47.5 Å². The molecule has 2 rings (SSSR count). The molecule has 2 aromatic carbocycles. The largest absolute Gasteiger partial charge is 0.496 e. The number of methoxy groups -OCH3 is 2. The van der Waals surface area contributed by atoms with Crippen molar-refractivity contribution in [3.63, 3.8) is 0 Å². The molecule has 0 atom stereocenters. The van der Waals surface area contributed by atoms with E-state index in [0.29, 0.717) is 17.2 Å². The van der Waals surface area contributed by atoms with Gasteiger partial charge in [-0.25, -0.2) is 8.42 Å². The summed E-state index contributed by atoms with van der Waals surface area (Å²) in [6.45, 7) is 3.65. The third-order valence-corrected chi connectivity index (χ3v) is 4.69. The zero-order chi connectivity index (χ0) is 16.3. The summed E-state index contributed by atoms with van der Waals surface area (Å²) in [5.74, 6) is 1.07. The van der Waals surface area contributed by atoms with Crippen LogP contribution < -0.4 is 14.2 Å². The molecule has 0 spiro atoms.